The molecule has 134 valence electrons. The van der Waals surface area contributed by atoms with Crippen LogP contribution in [0.3, 0.4) is 0 Å². The molecule has 4 heteroatoms. The number of nitrogens with one attached hydrogen (secondary N) is 1. The average Bonchev–Trinajstić information content (AvgIpc) is 3.08. The molecule has 0 radical (unpaired) electrons. The Kier molecular flexibility index (Phi) is 4.95. The zero-order valence-electron chi connectivity index (χ0n) is 15.1. The van der Waals surface area contributed by atoms with E-state index in [9.17, 15) is 0 Å². The van der Waals surface area contributed by atoms with E-state index < -0.39 is 0 Å². The highest BCUT2D eigenvalue weighted by Crippen LogP contribution is 2.26. The quantitative estimate of drug-likeness (QED) is 0.463. The topological polar surface area (TPSA) is 29.9 Å². The Morgan fingerprint density at radius 2 is 1.56 bits per heavy atom. The third-order valence-corrected chi connectivity index (χ3v) is 4.85. The summed E-state index contributed by atoms with van der Waals surface area (Å²) in [6, 6.07) is 26.8. The highest BCUT2D eigenvalue weighted by molar-refractivity contribution is 6.30. The molecule has 0 amide bonds. The molecule has 0 aliphatic heterocycles. The van der Waals surface area contributed by atoms with Crippen LogP contribution in [0.15, 0.2) is 85.1 Å². The van der Waals surface area contributed by atoms with E-state index >= 15 is 0 Å². The van der Waals surface area contributed by atoms with Crippen LogP contribution in [0.25, 0.3) is 22.4 Å². The standard InChI is InChI=1S/C23H20ClN3/c1-27-22(16-26-23(27)25-15-17-6-5-9-21(24)14-17)20-12-10-19(11-13-20)18-7-3-2-4-8-18/h2-14,16H,15H2,1H3,(H,25,26). The number of aromatic nitrogens is 2. The Balaban J connectivity index is 1.51. The van der Waals surface area contributed by atoms with Crippen molar-refractivity contribution in [2.75, 3.05) is 5.32 Å². The van der Waals surface area contributed by atoms with Gasteiger partial charge in [0.15, 0.2) is 0 Å². The van der Waals surface area contributed by atoms with Crippen molar-refractivity contribution in [1.29, 1.82) is 0 Å². The van der Waals surface area contributed by atoms with Gasteiger partial charge in [0.25, 0.3) is 0 Å². The first kappa shape index (κ1) is 17.4. The molecule has 27 heavy (non-hydrogen) atoms. The Bertz CT molecular complexity index is 1040. The van der Waals surface area contributed by atoms with Crippen LogP contribution in [0, 0.1) is 0 Å². The molecule has 1 N–H and O–H groups in total. The molecular formula is C23H20ClN3. The van der Waals surface area contributed by atoms with Crippen LogP contribution in [-0.2, 0) is 13.6 Å². The summed E-state index contributed by atoms with van der Waals surface area (Å²) < 4.78 is 2.07. The fourth-order valence-electron chi connectivity index (χ4n) is 3.13. The Hall–Kier alpha value is -3.04. The van der Waals surface area contributed by atoms with E-state index in [0.717, 1.165) is 27.8 Å². The molecule has 0 unspecified atom stereocenters. The molecule has 4 rings (SSSR count). The van der Waals surface area contributed by atoms with Crippen molar-refractivity contribution in [3.8, 4) is 22.4 Å². The number of nitrogens with zero attached hydrogens (tertiary/aromatic N) is 2. The van der Waals surface area contributed by atoms with E-state index in [-0.39, 0.29) is 0 Å². The monoisotopic (exact) mass is 373 g/mol. The first-order valence-corrected chi connectivity index (χ1v) is 9.24. The van der Waals surface area contributed by atoms with Crippen molar-refractivity contribution in [2.24, 2.45) is 7.05 Å². The highest BCUT2D eigenvalue weighted by Gasteiger charge is 2.09. The summed E-state index contributed by atoms with van der Waals surface area (Å²) in [5.74, 6) is 0.831. The predicted molar refractivity (Wildman–Crippen MR) is 113 cm³/mol. The van der Waals surface area contributed by atoms with Gasteiger partial charge < -0.3 is 9.88 Å². The summed E-state index contributed by atoms with van der Waals surface area (Å²) >= 11 is 6.05. The predicted octanol–water partition coefficient (Wildman–Crippen LogP) is 6.02. The molecule has 0 fully saturated rings. The Labute approximate surface area is 164 Å². The van der Waals surface area contributed by atoms with Crippen LogP contribution in [0.4, 0.5) is 5.95 Å². The summed E-state index contributed by atoms with van der Waals surface area (Å²) in [7, 11) is 2.02. The van der Waals surface area contributed by atoms with Gasteiger partial charge in [-0.05, 0) is 34.4 Å². The molecule has 0 aliphatic rings. The highest BCUT2D eigenvalue weighted by atomic mass is 35.5. The van der Waals surface area contributed by atoms with Crippen molar-refractivity contribution in [3.63, 3.8) is 0 Å². The van der Waals surface area contributed by atoms with Gasteiger partial charge in [-0.3, -0.25) is 0 Å². The van der Waals surface area contributed by atoms with Crippen molar-refractivity contribution < 1.29 is 0 Å². The van der Waals surface area contributed by atoms with Gasteiger partial charge in [0.05, 0.1) is 11.9 Å². The number of halogens is 1. The maximum atomic E-state index is 6.05. The van der Waals surface area contributed by atoms with Gasteiger partial charge in [0.2, 0.25) is 5.95 Å². The van der Waals surface area contributed by atoms with Gasteiger partial charge in [-0.15, -0.1) is 0 Å². The Morgan fingerprint density at radius 3 is 2.30 bits per heavy atom. The molecule has 4 aromatic rings. The number of benzene rings is 3. The third-order valence-electron chi connectivity index (χ3n) is 4.62. The van der Waals surface area contributed by atoms with Crippen molar-refractivity contribution in [3.05, 3.63) is 95.6 Å². The minimum absolute atomic E-state index is 0.678. The molecule has 1 heterocycles. The maximum Gasteiger partial charge on any atom is 0.203 e. The van der Waals surface area contributed by atoms with Gasteiger partial charge in [0, 0.05) is 18.6 Å². The fourth-order valence-corrected chi connectivity index (χ4v) is 3.35. The lowest BCUT2D eigenvalue weighted by molar-refractivity contribution is 0.907. The number of anilines is 1. The molecule has 0 atom stereocenters. The van der Waals surface area contributed by atoms with Gasteiger partial charge in [-0.2, -0.15) is 0 Å². The van der Waals surface area contributed by atoms with Gasteiger partial charge in [-0.25, -0.2) is 4.98 Å². The van der Waals surface area contributed by atoms with Crippen LogP contribution in [0.2, 0.25) is 5.02 Å². The van der Waals surface area contributed by atoms with Gasteiger partial charge in [0.1, 0.15) is 0 Å². The molecular weight excluding hydrogens is 354 g/mol. The first-order valence-electron chi connectivity index (χ1n) is 8.86. The van der Waals surface area contributed by atoms with E-state index in [1.807, 2.05) is 43.6 Å². The van der Waals surface area contributed by atoms with Crippen LogP contribution in [-0.4, -0.2) is 9.55 Å². The zero-order chi connectivity index (χ0) is 18.6. The summed E-state index contributed by atoms with van der Waals surface area (Å²) in [6.45, 7) is 0.678. The van der Waals surface area contributed by atoms with Gasteiger partial charge >= 0.3 is 0 Å². The van der Waals surface area contributed by atoms with E-state index in [1.54, 1.807) is 0 Å². The second-order valence-electron chi connectivity index (χ2n) is 6.45. The van der Waals surface area contributed by atoms with Crippen molar-refractivity contribution in [1.82, 2.24) is 9.55 Å². The average molecular weight is 374 g/mol. The summed E-state index contributed by atoms with van der Waals surface area (Å²) in [6.07, 6.45) is 1.90. The molecule has 0 saturated heterocycles. The second kappa shape index (κ2) is 7.68. The number of imidazole rings is 1. The lowest BCUT2D eigenvalue weighted by Crippen LogP contribution is -2.05. The minimum atomic E-state index is 0.678. The molecule has 3 nitrogen and oxygen atoms in total. The second-order valence-corrected chi connectivity index (χ2v) is 6.89. The molecule has 0 bridgehead atoms. The first-order chi connectivity index (χ1) is 13.2. The maximum absolute atomic E-state index is 6.05. The van der Waals surface area contributed by atoms with Crippen LogP contribution >= 0.6 is 11.6 Å². The van der Waals surface area contributed by atoms with Gasteiger partial charge in [-0.1, -0.05) is 78.3 Å². The van der Waals surface area contributed by atoms with Crippen molar-refractivity contribution in [2.45, 2.75) is 6.54 Å². The summed E-state index contributed by atoms with van der Waals surface area (Å²) in [5, 5.41) is 4.12. The summed E-state index contributed by atoms with van der Waals surface area (Å²) in [4.78, 5) is 4.53. The minimum Gasteiger partial charge on any atom is -0.352 e. The van der Waals surface area contributed by atoms with E-state index in [4.69, 9.17) is 11.6 Å². The Morgan fingerprint density at radius 1 is 0.852 bits per heavy atom. The normalized spacial score (nSPS) is 10.7. The van der Waals surface area contributed by atoms with Crippen LogP contribution in [0.5, 0.6) is 0 Å². The fraction of sp³-hybridized carbons (Fsp3) is 0.0870. The van der Waals surface area contributed by atoms with E-state index in [2.05, 4.69) is 63.4 Å². The lowest BCUT2D eigenvalue weighted by Gasteiger charge is -2.09. The number of hydrogen-bond donors (Lipinski definition) is 1. The molecule has 0 spiro atoms. The SMILES string of the molecule is Cn1c(-c2ccc(-c3ccccc3)cc2)cnc1NCc1cccc(Cl)c1. The lowest BCUT2D eigenvalue weighted by atomic mass is 10.0. The summed E-state index contributed by atoms with van der Waals surface area (Å²) in [5.41, 5.74) is 5.77. The third kappa shape index (κ3) is 3.88. The van der Waals surface area contributed by atoms with Crippen LogP contribution in [0.1, 0.15) is 5.56 Å². The largest absolute Gasteiger partial charge is 0.352 e. The van der Waals surface area contributed by atoms with Crippen molar-refractivity contribution >= 4 is 17.5 Å². The molecule has 1 aromatic heterocycles. The van der Waals surface area contributed by atoms with Crippen LogP contribution < -0.4 is 5.32 Å². The number of rotatable bonds is 5. The number of hydrogen-bond acceptors (Lipinski definition) is 2. The van der Waals surface area contributed by atoms with E-state index in [1.165, 1.54) is 11.1 Å². The zero-order valence-corrected chi connectivity index (χ0v) is 15.8. The molecule has 0 saturated carbocycles. The van der Waals surface area contributed by atoms with E-state index in [0.29, 0.717) is 6.54 Å². The molecule has 0 aliphatic carbocycles. The smallest absolute Gasteiger partial charge is 0.203 e. The molecule has 3 aromatic carbocycles.